The summed E-state index contributed by atoms with van der Waals surface area (Å²) in [7, 11) is 0. The fraction of sp³-hybridized carbons (Fsp3) is 0.667. The van der Waals surface area contributed by atoms with Gasteiger partial charge in [-0.2, -0.15) is 5.12 Å². The van der Waals surface area contributed by atoms with Crippen molar-refractivity contribution in [1.29, 1.82) is 0 Å². The molecule has 2 amide bonds. The number of hydrogen-bond donors (Lipinski definition) is 1. The largest absolute Gasteiger partial charge is 0.481 e. The molecule has 1 fully saturated rings. The maximum Gasteiger partial charge on any atom is 0.348 e. The van der Waals surface area contributed by atoms with E-state index in [4.69, 9.17) is 5.11 Å². The predicted molar refractivity (Wildman–Crippen MR) is 37.0 cm³/mol. The lowest BCUT2D eigenvalue weighted by Crippen LogP contribution is -2.29. The molecule has 1 rings (SSSR count). The van der Waals surface area contributed by atoms with Crippen molar-refractivity contribution in [2.75, 3.05) is 19.6 Å². The summed E-state index contributed by atoms with van der Waals surface area (Å²) in [6.45, 7) is 0.371. The van der Waals surface area contributed by atoms with Gasteiger partial charge in [0.1, 0.15) is 0 Å². The summed E-state index contributed by atoms with van der Waals surface area (Å²) in [5, 5.41) is 8.37. The lowest BCUT2D eigenvalue weighted by atomic mass is 10.4. The van der Waals surface area contributed by atoms with Crippen LogP contribution in [0.4, 0.5) is 9.28 Å². The highest BCUT2D eigenvalue weighted by molar-refractivity contribution is 5.76. The van der Waals surface area contributed by atoms with Gasteiger partial charge < -0.3 is 10.0 Å². The first-order valence-corrected chi connectivity index (χ1v) is 3.55. The zero-order valence-corrected chi connectivity index (χ0v) is 6.36. The van der Waals surface area contributed by atoms with Crippen molar-refractivity contribution >= 4 is 12.0 Å². The maximum atomic E-state index is 12.4. The van der Waals surface area contributed by atoms with Crippen LogP contribution in [0.5, 0.6) is 0 Å². The van der Waals surface area contributed by atoms with Gasteiger partial charge in [0, 0.05) is 13.1 Å². The molecule has 0 aromatic carbocycles. The fourth-order valence-electron chi connectivity index (χ4n) is 0.991. The van der Waals surface area contributed by atoms with Crippen LogP contribution in [0, 0.1) is 0 Å². The van der Waals surface area contributed by atoms with Gasteiger partial charge in [-0.05, 0) is 0 Å². The highest BCUT2D eigenvalue weighted by atomic mass is 19.2. The molecule has 1 N–H and O–H groups in total. The predicted octanol–water partition coefficient (Wildman–Crippen LogP) is 0.0832. The first-order valence-electron chi connectivity index (χ1n) is 3.55. The van der Waals surface area contributed by atoms with Crippen molar-refractivity contribution in [3.63, 3.8) is 0 Å². The molecule has 1 heterocycles. The van der Waals surface area contributed by atoms with Crippen LogP contribution < -0.4 is 0 Å². The summed E-state index contributed by atoms with van der Waals surface area (Å²) in [5.74, 6) is -0.986. The topological polar surface area (TPSA) is 60.9 Å². The van der Waals surface area contributed by atoms with Gasteiger partial charge in [-0.3, -0.25) is 4.79 Å². The van der Waals surface area contributed by atoms with Crippen LogP contribution in [-0.4, -0.2) is 46.8 Å². The minimum Gasteiger partial charge on any atom is -0.481 e. The van der Waals surface area contributed by atoms with Crippen LogP contribution >= 0.6 is 0 Å². The second-order valence-corrected chi connectivity index (χ2v) is 2.50. The van der Waals surface area contributed by atoms with Crippen LogP contribution in [-0.2, 0) is 4.79 Å². The minimum atomic E-state index is -0.986. The van der Waals surface area contributed by atoms with E-state index < -0.39 is 12.0 Å². The Hall–Kier alpha value is -1.33. The molecule has 1 aliphatic heterocycles. The summed E-state index contributed by atoms with van der Waals surface area (Å²) >= 11 is 0. The summed E-state index contributed by atoms with van der Waals surface area (Å²) in [6, 6.07) is -0.740. The molecule has 0 aliphatic carbocycles. The molecule has 0 radical (unpaired) electrons. The SMILES string of the molecule is O=C(O)CCN1CCN(F)C1=O. The number of aliphatic carboxylic acids is 1. The standard InChI is InChI=1S/C6H9FN2O3/c7-9-4-3-8(6(9)12)2-1-5(10)11/h1-4H2,(H,10,11). The molecule has 0 bridgehead atoms. The number of carbonyl (C=O) groups excluding carboxylic acids is 1. The Bertz CT molecular complexity index is 209. The Kier molecular flexibility index (Phi) is 2.47. The lowest BCUT2D eigenvalue weighted by Gasteiger charge is -2.11. The van der Waals surface area contributed by atoms with Crippen molar-refractivity contribution in [2.45, 2.75) is 6.42 Å². The molecule has 0 aromatic rings. The van der Waals surface area contributed by atoms with Gasteiger partial charge in [-0.15, -0.1) is 0 Å². The molecule has 68 valence electrons. The number of carboxylic acids is 1. The summed E-state index contributed by atoms with van der Waals surface area (Å²) in [6.07, 6.45) is -0.139. The van der Waals surface area contributed by atoms with Crippen LogP contribution in [0.25, 0.3) is 0 Å². The molecular formula is C6H9FN2O3. The van der Waals surface area contributed by atoms with Gasteiger partial charge in [0.05, 0.1) is 13.0 Å². The number of hydrogen-bond acceptors (Lipinski definition) is 2. The minimum absolute atomic E-state index is 0.0262. The van der Waals surface area contributed by atoms with E-state index in [0.717, 1.165) is 0 Å². The third-order valence-electron chi connectivity index (χ3n) is 1.64. The van der Waals surface area contributed by atoms with Gasteiger partial charge in [0.15, 0.2) is 0 Å². The van der Waals surface area contributed by atoms with Gasteiger partial charge in [-0.1, -0.05) is 4.48 Å². The molecule has 1 aliphatic rings. The number of halogens is 1. The summed E-state index contributed by atoms with van der Waals surface area (Å²) in [4.78, 5) is 22.1. The quantitative estimate of drug-likeness (QED) is 0.619. The Labute approximate surface area is 68.3 Å². The molecule has 0 atom stereocenters. The molecule has 0 spiro atoms. The van der Waals surface area contributed by atoms with Gasteiger partial charge >= 0.3 is 12.0 Å². The van der Waals surface area contributed by atoms with Crippen molar-refractivity contribution in [2.24, 2.45) is 0 Å². The van der Waals surface area contributed by atoms with Crippen molar-refractivity contribution in [3.05, 3.63) is 0 Å². The van der Waals surface area contributed by atoms with E-state index in [0.29, 0.717) is 0 Å². The highest BCUT2D eigenvalue weighted by Gasteiger charge is 2.28. The number of carboxylic acid groups (broad SMARTS) is 1. The fourth-order valence-corrected chi connectivity index (χ4v) is 0.991. The second-order valence-electron chi connectivity index (χ2n) is 2.50. The maximum absolute atomic E-state index is 12.4. The normalized spacial score (nSPS) is 17.2. The molecule has 5 nitrogen and oxygen atoms in total. The van der Waals surface area contributed by atoms with Gasteiger partial charge in [-0.25, -0.2) is 4.79 Å². The molecule has 12 heavy (non-hydrogen) atoms. The van der Waals surface area contributed by atoms with Gasteiger partial charge in [0.25, 0.3) is 0 Å². The number of rotatable bonds is 3. The Morgan fingerprint density at radius 2 is 2.25 bits per heavy atom. The van der Waals surface area contributed by atoms with Crippen molar-refractivity contribution < 1.29 is 19.2 Å². The Morgan fingerprint density at radius 3 is 2.67 bits per heavy atom. The summed E-state index contributed by atoms with van der Waals surface area (Å²) < 4.78 is 12.4. The van der Waals surface area contributed by atoms with E-state index in [2.05, 4.69) is 0 Å². The average molecular weight is 176 g/mol. The number of amides is 2. The number of carbonyl (C=O) groups is 2. The van der Waals surface area contributed by atoms with Crippen LogP contribution in [0.1, 0.15) is 6.42 Å². The van der Waals surface area contributed by atoms with Crippen LogP contribution in [0.15, 0.2) is 0 Å². The first kappa shape index (κ1) is 8.76. The van der Waals surface area contributed by atoms with E-state index in [-0.39, 0.29) is 31.2 Å². The molecule has 6 heteroatoms. The van der Waals surface area contributed by atoms with Crippen molar-refractivity contribution in [3.8, 4) is 0 Å². The third kappa shape index (κ3) is 1.84. The zero-order chi connectivity index (χ0) is 9.14. The van der Waals surface area contributed by atoms with Crippen LogP contribution in [0.3, 0.4) is 0 Å². The molecule has 1 saturated heterocycles. The molecule has 0 aromatic heterocycles. The van der Waals surface area contributed by atoms with E-state index >= 15 is 0 Å². The average Bonchev–Trinajstić information content (AvgIpc) is 2.30. The smallest absolute Gasteiger partial charge is 0.348 e. The van der Waals surface area contributed by atoms with E-state index in [1.807, 2.05) is 0 Å². The van der Waals surface area contributed by atoms with Crippen LogP contribution in [0.2, 0.25) is 0 Å². The highest BCUT2D eigenvalue weighted by Crippen LogP contribution is 2.08. The third-order valence-corrected chi connectivity index (χ3v) is 1.64. The molecule has 0 saturated carbocycles. The van der Waals surface area contributed by atoms with E-state index in [9.17, 15) is 14.1 Å². The zero-order valence-electron chi connectivity index (χ0n) is 6.36. The molecule has 0 unspecified atom stereocenters. The lowest BCUT2D eigenvalue weighted by molar-refractivity contribution is -0.137. The monoisotopic (exact) mass is 176 g/mol. The van der Waals surface area contributed by atoms with Crippen molar-refractivity contribution in [1.82, 2.24) is 10.0 Å². The molecular weight excluding hydrogens is 167 g/mol. The van der Waals surface area contributed by atoms with E-state index in [1.165, 1.54) is 4.90 Å². The van der Waals surface area contributed by atoms with E-state index in [1.54, 1.807) is 0 Å². The number of nitrogens with zero attached hydrogens (tertiary/aromatic N) is 2. The number of urea groups is 1. The Balaban J connectivity index is 2.34. The van der Waals surface area contributed by atoms with Gasteiger partial charge in [0.2, 0.25) is 0 Å². The Morgan fingerprint density at radius 1 is 1.58 bits per heavy atom. The first-order chi connectivity index (χ1) is 5.61. The second kappa shape index (κ2) is 3.38. The summed E-state index contributed by atoms with van der Waals surface area (Å²) in [5.41, 5.74) is 0.